The molecule has 0 bridgehead atoms. The van der Waals surface area contributed by atoms with Gasteiger partial charge in [-0.05, 0) is 12.1 Å². The number of nitrogens with two attached hydrogens (primary N) is 1. The zero-order valence-electron chi connectivity index (χ0n) is 5.74. The molecular formula is C7H7N3O. The highest BCUT2D eigenvalue weighted by molar-refractivity contribution is 5.56. The lowest BCUT2D eigenvalue weighted by Gasteiger charge is -1.83. The third kappa shape index (κ3) is 0.980. The van der Waals surface area contributed by atoms with E-state index < -0.39 is 0 Å². The summed E-state index contributed by atoms with van der Waals surface area (Å²) in [6, 6.07) is 5.46. The zero-order valence-corrected chi connectivity index (χ0v) is 5.74. The van der Waals surface area contributed by atoms with Crippen molar-refractivity contribution >= 4 is 5.88 Å². The lowest BCUT2D eigenvalue weighted by Crippen LogP contribution is -1.76. The first-order valence-electron chi connectivity index (χ1n) is 3.22. The third-order valence-electron chi connectivity index (χ3n) is 1.40. The van der Waals surface area contributed by atoms with Crippen LogP contribution in [-0.2, 0) is 0 Å². The predicted molar refractivity (Wildman–Crippen MR) is 40.7 cm³/mol. The number of H-pyrrole nitrogens is 1. The van der Waals surface area contributed by atoms with Crippen molar-refractivity contribution in [2.75, 3.05) is 5.73 Å². The van der Waals surface area contributed by atoms with Crippen molar-refractivity contribution in [1.29, 1.82) is 0 Å². The minimum atomic E-state index is 0.328. The molecule has 0 saturated carbocycles. The van der Waals surface area contributed by atoms with Crippen molar-refractivity contribution < 1.29 is 4.52 Å². The van der Waals surface area contributed by atoms with Crippen molar-refractivity contribution in [3.8, 4) is 11.4 Å². The molecule has 0 aliphatic rings. The molecule has 0 aliphatic carbocycles. The molecule has 0 aromatic carbocycles. The smallest absolute Gasteiger partial charge is 0.222 e. The van der Waals surface area contributed by atoms with Crippen LogP contribution in [0.2, 0.25) is 0 Å². The summed E-state index contributed by atoms with van der Waals surface area (Å²) in [6.07, 6.45) is 1.82. The van der Waals surface area contributed by atoms with Crippen LogP contribution in [0.4, 0.5) is 5.88 Å². The van der Waals surface area contributed by atoms with E-state index in [-0.39, 0.29) is 0 Å². The molecule has 0 fully saturated rings. The van der Waals surface area contributed by atoms with Gasteiger partial charge in [0.2, 0.25) is 5.88 Å². The minimum absolute atomic E-state index is 0.328. The van der Waals surface area contributed by atoms with Crippen LogP contribution in [0.1, 0.15) is 0 Å². The summed E-state index contributed by atoms with van der Waals surface area (Å²) in [5.74, 6) is 0.328. The highest BCUT2D eigenvalue weighted by Crippen LogP contribution is 2.16. The molecule has 0 amide bonds. The molecule has 2 heterocycles. The molecule has 4 heteroatoms. The van der Waals surface area contributed by atoms with Gasteiger partial charge in [0, 0.05) is 12.3 Å². The topological polar surface area (TPSA) is 67.8 Å². The van der Waals surface area contributed by atoms with Crippen LogP contribution in [0.25, 0.3) is 11.4 Å². The van der Waals surface area contributed by atoms with Crippen molar-refractivity contribution in [3.05, 3.63) is 24.4 Å². The number of hydrogen-bond acceptors (Lipinski definition) is 3. The fourth-order valence-electron chi connectivity index (χ4n) is 0.906. The second-order valence-corrected chi connectivity index (χ2v) is 2.20. The first kappa shape index (κ1) is 6.03. The molecule has 4 nitrogen and oxygen atoms in total. The normalized spacial score (nSPS) is 10.2. The van der Waals surface area contributed by atoms with Gasteiger partial charge < -0.3 is 15.2 Å². The Morgan fingerprint density at radius 1 is 1.55 bits per heavy atom. The number of nitrogens with zero attached hydrogens (tertiary/aromatic N) is 1. The Labute approximate surface area is 63.0 Å². The van der Waals surface area contributed by atoms with Crippen molar-refractivity contribution in [1.82, 2.24) is 10.1 Å². The number of aromatic nitrogens is 2. The molecule has 0 aliphatic heterocycles. The van der Waals surface area contributed by atoms with Crippen LogP contribution < -0.4 is 5.73 Å². The standard InChI is InChI=1S/C7H7N3O/c8-7-4-6(10-11-7)5-2-1-3-9-5/h1-4,9H,8H2. The summed E-state index contributed by atoms with van der Waals surface area (Å²) in [6.45, 7) is 0. The van der Waals surface area contributed by atoms with Gasteiger partial charge in [0.15, 0.2) is 0 Å². The van der Waals surface area contributed by atoms with Crippen molar-refractivity contribution in [2.24, 2.45) is 0 Å². The lowest BCUT2D eigenvalue weighted by molar-refractivity contribution is 0.439. The Hall–Kier alpha value is -1.71. The van der Waals surface area contributed by atoms with Gasteiger partial charge in [-0.25, -0.2) is 0 Å². The second-order valence-electron chi connectivity index (χ2n) is 2.20. The highest BCUT2D eigenvalue weighted by Gasteiger charge is 2.02. The molecule has 2 aromatic heterocycles. The van der Waals surface area contributed by atoms with Crippen LogP contribution in [0, 0.1) is 0 Å². The molecular weight excluding hydrogens is 142 g/mol. The van der Waals surface area contributed by atoms with E-state index in [9.17, 15) is 0 Å². The monoisotopic (exact) mass is 149 g/mol. The summed E-state index contributed by atoms with van der Waals surface area (Å²) in [7, 11) is 0. The quantitative estimate of drug-likeness (QED) is 0.641. The van der Waals surface area contributed by atoms with Crippen LogP contribution in [0.5, 0.6) is 0 Å². The Bertz CT molecular complexity index is 336. The summed E-state index contributed by atoms with van der Waals surface area (Å²) >= 11 is 0. The first-order valence-corrected chi connectivity index (χ1v) is 3.22. The van der Waals surface area contributed by atoms with Gasteiger partial charge in [0.05, 0.1) is 5.69 Å². The fraction of sp³-hybridized carbons (Fsp3) is 0. The lowest BCUT2D eigenvalue weighted by atomic mass is 10.3. The fourth-order valence-corrected chi connectivity index (χ4v) is 0.906. The van der Waals surface area contributed by atoms with Gasteiger partial charge in [0.1, 0.15) is 5.69 Å². The molecule has 2 aromatic rings. The van der Waals surface area contributed by atoms with Gasteiger partial charge in [-0.1, -0.05) is 5.16 Å². The highest BCUT2D eigenvalue weighted by atomic mass is 16.5. The van der Waals surface area contributed by atoms with Gasteiger partial charge in [-0.15, -0.1) is 0 Å². The Balaban J connectivity index is 2.45. The second kappa shape index (κ2) is 2.16. The molecule has 0 radical (unpaired) electrons. The van der Waals surface area contributed by atoms with Crippen LogP contribution in [0.3, 0.4) is 0 Å². The number of nitrogen functional groups attached to an aromatic ring is 1. The average molecular weight is 149 g/mol. The number of rotatable bonds is 1. The van der Waals surface area contributed by atoms with E-state index >= 15 is 0 Å². The Morgan fingerprint density at radius 2 is 2.45 bits per heavy atom. The van der Waals surface area contributed by atoms with Crippen molar-refractivity contribution in [3.63, 3.8) is 0 Å². The third-order valence-corrected chi connectivity index (χ3v) is 1.40. The van der Waals surface area contributed by atoms with Gasteiger partial charge in [0.25, 0.3) is 0 Å². The average Bonchev–Trinajstić information content (AvgIpc) is 2.55. The van der Waals surface area contributed by atoms with E-state index in [4.69, 9.17) is 10.3 Å². The van der Waals surface area contributed by atoms with Gasteiger partial charge in [-0.3, -0.25) is 0 Å². The molecule has 11 heavy (non-hydrogen) atoms. The molecule has 3 N–H and O–H groups in total. The minimum Gasteiger partial charge on any atom is -0.368 e. The summed E-state index contributed by atoms with van der Waals surface area (Å²) in [5, 5.41) is 3.73. The number of hydrogen-bond donors (Lipinski definition) is 2. The summed E-state index contributed by atoms with van der Waals surface area (Å²) in [4.78, 5) is 2.99. The number of aromatic amines is 1. The van der Waals surface area contributed by atoms with E-state index in [1.165, 1.54) is 0 Å². The molecule has 56 valence electrons. The van der Waals surface area contributed by atoms with Gasteiger partial charge in [-0.2, -0.15) is 0 Å². The number of anilines is 1. The molecule has 2 rings (SSSR count). The summed E-state index contributed by atoms with van der Waals surface area (Å²) < 4.78 is 4.70. The van der Waals surface area contributed by atoms with Crippen LogP contribution in [0.15, 0.2) is 28.9 Å². The maximum Gasteiger partial charge on any atom is 0.222 e. The SMILES string of the molecule is Nc1cc(-c2ccc[nH]2)no1. The molecule has 0 unspecified atom stereocenters. The van der Waals surface area contributed by atoms with Crippen molar-refractivity contribution in [2.45, 2.75) is 0 Å². The van der Waals surface area contributed by atoms with Gasteiger partial charge >= 0.3 is 0 Å². The number of nitrogens with one attached hydrogen (secondary N) is 1. The molecule has 0 atom stereocenters. The van der Waals surface area contributed by atoms with E-state index in [1.54, 1.807) is 6.07 Å². The molecule has 0 spiro atoms. The van der Waals surface area contributed by atoms with E-state index in [0.29, 0.717) is 5.88 Å². The van der Waals surface area contributed by atoms with E-state index in [0.717, 1.165) is 11.4 Å². The summed E-state index contributed by atoms with van der Waals surface area (Å²) in [5.41, 5.74) is 6.98. The molecule has 0 saturated heterocycles. The first-order chi connectivity index (χ1) is 5.36. The Morgan fingerprint density at radius 3 is 3.00 bits per heavy atom. The van der Waals surface area contributed by atoms with E-state index in [1.807, 2.05) is 18.3 Å². The van der Waals surface area contributed by atoms with E-state index in [2.05, 4.69) is 10.1 Å². The van der Waals surface area contributed by atoms with Crippen LogP contribution in [-0.4, -0.2) is 10.1 Å². The van der Waals surface area contributed by atoms with Crippen LogP contribution >= 0.6 is 0 Å². The zero-order chi connectivity index (χ0) is 7.68. The maximum absolute atomic E-state index is 5.34. The predicted octanol–water partition coefficient (Wildman–Crippen LogP) is 1.25. The largest absolute Gasteiger partial charge is 0.368 e. The maximum atomic E-state index is 5.34. The Kier molecular flexibility index (Phi) is 1.18.